The summed E-state index contributed by atoms with van der Waals surface area (Å²) in [6.45, 7) is 1.14. The van der Waals surface area contributed by atoms with Gasteiger partial charge in [0.05, 0.1) is 10.7 Å². The van der Waals surface area contributed by atoms with Crippen molar-refractivity contribution in [2.45, 2.75) is 19.2 Å². The van der Waals surface area contributed by atoms with Crippen LogP contribution in [0.4, 0.5) is 17.6 Å². The number of carboxylic acids is 1. The van der Waals surface area contributed by atoms with Crippen molar-refractivity contribution in [2.75, 3.05) is 0 Å². The molecule has 0 radical (unpaired) electrons. The van der Waals surface area contributed by atoms with Gasteiger partial charge in [0.15, 0.2) is 6.10 Å². The van der Waals surface area contributed by atoms with Crippen LogP contribution in [-0.4, -0.2) is 26.3 Å². The van der Waals surface area contributed by atoms with Crippen LogP contribution in [0.25, 0.3) is 5.69 Å². The fourth-order valence-electron chi connectivity index (χ4n) is 2.14. The standard InChI is InChI=1S/C15H11ClF4N2O5/c1-6(13(24)25)27-10-4-9(8(17)3-7(10)16)22-12(23)5-11(15(18,19)20)21(2)14(22)26/h3-6H,1-2H3,(H,24,25)/t6-/m1/s1. The monoisotopic (exact) mass is 410 g/mol. The third kappa shape index (κ3) is 3.97. The number of alkyl halides is 3. The summed E-state index contributed by atoms with van der Waals surface area (Å²) < 4.78 is 58.2. The summed E-state index contributed by atoms with van der Waals surface area (Å²) in [5.41, 5.74) is -5.16. The second kappa shape index (κ2) is 7.06. The summed E-state index contributed by atoms with van der Waals surface area (Å²) in [5, 5.41) is 8.49. The van der Waals surface area contributed by atoms with Crippen molar-refractivity contribution >= 4 is 17.6 Å². The highest BCUT2D eigenvalue weighted by Crippen LogP contribution is 2.30. The zero-order chi connectivity index (χ0) is 20.7. The summed E-state index contributed by atoms with van der Waals surface area (Å²) in [5.74, 6) is -2.95. The number of hydrogen-bond donors (Lipinski definition) is 1. The van der Waals surface area contributed by atoms with E-state index in [9.17, 15) is 31.9 Å². The van der Waals surface area contributed by atoms with Crippen LogP contribution < -0.4 is 16.0 Å². The lowest BCUT2D eigenvalue weighted by Crippen LogP contribution is -2.41. The molecule has 0 aliphatic carbocycles. The van der Waals surface area contributed by atoms with Gasteiger partial charge in [-0.2, -0.15) is 13.2 Å². The molecule has 0 bridgehead atoms. The SMILES string of the molecule is C[C@@H](Oc1cc(-n2c(=O)cc(C(F)(F)F)n(C)c2=O)c(F)cc1Cl)C(=O)O. The Morgan fingerprint density at radius 3 is 2.37 bits per heavy atom. The van der Waals surface area contributed by atoms with Crippen LogP contribution in [0.15, 0.2) is 27.8 Å². The number of rotatable bonds is 4. The third-order valence-electron chi connectivity index (χ3n) is 3.50. The van der Waals surface area contributed by atoms with Crippen LogP contribution >= 0.6 is 11.6 Å². The Bertz CT molecular complexity index is 1030. The van der Waals surface area contributed by atoms with E-state index in [1.165, 1.54) is 0 Å². The molecule has 146 valence electrons. The normalized spacial score (nSPS) is 12.7. The lowest BCUT2D eigenvalue weighted by Gasteiger charge is -2.16. The van der Waals surface area contributed by atoms with Crippen LogP contribution in [0.3, 0.4) is 0 Å². The number of carbonyl (C=O) groups is 1. The predicted octanol–water partition coefficient (Wildman–Crippen LogP) is 2.20. The molecule has 1 heterocycles. The fraction of sp³-hybridized carbons (Fsp3) is 0.267. The smallest absolute Gasteiger partial charge is 0.431 e. The molecule has 1 N–H and O–H groups in total. The van der Waals surface area contributed by atoms with Gasteiger partial charge in [-0.25, -0.2) is 18.5 Å². The Labute approximate surface area is 153 Å². The molecule has 1 aromatic heterocycles. The summed E-state index contributed by atoms with van der Waals surface area (Å²) in [6.07, 6.45) is -6.39. The second-order valence-electron chi connectivity index (χ2n) is 5.37. The van der Waals surface area contributed by atoms with Crippen molar-refractivity contribution in [2.24, 2.45) is 7.05 Å². The van der Waals surface area contributed by atoms with Crippen LogP contribution in [0.1, 0.15) is 12.6 Å². The number of ether oxygens (including phenoxy) is 1. The molecule has 27 heavy (non-hydrogen) atoms. The molecular weight excluding hydrogens is 400 g/mol. The first-order chi connectivity index (χ1) is 12.3. The van der Waals surface area contributed by atoms with Crippen LogP contribution in [0.2, 0.25) is 5.02 Å². The molecule has 7 nitrogen and oxygen atoms in total. The van der Waals surface area contributed by atoms with E-state index in [1.54, 1.807) is 0 Å². The van der Waals surface area contributed by atoms with E-state index in [-0.39, 0.29) is 26.0 Å². The van der Waals surface area contributed by atoms with E-state index < -0.39 is 46.7 Å². The van der Waals surface area contributed by atoms with Gasteiger partial charge in [-0.15, -0.1) is 0 Å². The van der Waals surface area contributed by atoms with E-state index in [4.69, 9.17) is 21.4 Å². The Hall–Kier alpha value is -2.82. The van der Waals surface area contributed by atoms with Gasteiger partial charge < -0.3 is 9.84 Å². The molecule has 0 saturated carbocycles. The molecule has 0 aliphatic heterocycles. The highest BCUT2D eigenvalue weighted by atomic mass is 35.5. The summed E-state index contributed by atoms with van der Waals surface area (Å²) >= 11 is 5.76. The number of carboxylic acid groups (broad SMARTS) is 1. The summed E-state index contributed by atoms with van der Waals surface area (Å²) in [4.78, 5) is 35.1. The van der Waals surface area contributed by atoms with Crippen LogP contribution in [0, 0.1) is 5.82 Å². The topological polar surface area (TPSA) is 90.5 Å². The second-order valence-corrected chi connectivity index (χ2v) is 5.78. The average molecular weight is 411 g/mol. The van der Waals surface area contributed by atoms with Gasteiger partial charge in [-0.3, -0.25) is 9.36 Å². The van der Waals surface area contributed by atoms with Gasteiger partial charge >= 0.3 is 17.8 Å². The molecule has 0 aliphatic rings. The fourth-order valence-corrected chi connectivity index (χ4v) is 2.34. The lowest BCUT2D eigenvalue weighted by atomic mass is 10.2. The quantitative estimate of drug-likeness (QED) is 0.780. The lowest BCUT2D eigenvalue weighted by molar-refractivity contribution is -0.144. The van der Waals surface area contributed by atoms with Crippen molar-refractivity contribution in [3.63, 3.8) is 0 Å². The molecular formula is C15H11ClF4N2O5. The first-order valence-corrected chi connectivity index (χ1v) is 7.51. The Balaban J connectivity index is 2.73. The zero-order valence-corrected chi connectivity index (χ0v) is 14.4. The first kappa shape index (κ1) is 20.5. The van der Waals surface area contributed by atoms with Gasteiger partial charge in [0.1, 0.15) is 17.3 Å². The molecule has 0 amide bonds. The number of benzene rings is 1. The number of hydrogen-bond acceptors (Lipinski definition) is 4. The average Bonchev–Trinajstić information content (AvgIpc) is 2.53. The minimum atomic E-state index is -4.98. The number of halogens is 5. The molecule has 1 aromatic carbocycles. The predicted molar refractivity (Wildman–Crippen MR) is 85.0 cm³/mol. The molecule has 1 atom stereocenters. The molecule has 0 spiro atoms. The van der Waals surface area contributed by atoms with Crippen molar-refractivity contribution in [1.82, 2.24) is 9.13 Å². The van der Waals surface area contributed by atoms with E-state index >= 15 is 0 Å². The van der Waals surface area contributed by atoms with Crippen molar-refractivity contribution in [3.8, 4) is 11.4 Å². The van der Waals surface area contributed by atoms with E-state index in [0.29, 0.717) is 6.07 Å². The summed E-state index contributed by atoms with van der Waals surface area (Å²) in [7, 11) is 0.763. The molecule has 12 heteroatoms. The van der Waals surface area contributed by atoms with E-state index in [0.717, 1.165) is 20.0 Å². The van der Waals surface area contributed by atoms with Gasteiger partial charge in [0, 0.05) is 19.2 Å². The largest absolute Gasteiger partial charge is 0.479 e. The van der Waals surface area contributed by atoms with Gasteiger partial charge in [0.2, 0.25) is 0 Å². The molecule has 0 unspecified atom stereocenters. The Kier molecular flexibility index (Phi) is 5.36. The van der Waals surface area contributed by atoms with Crippen LogP contribution in [-0.2, 0) is 18.0 Å². The van der Waals surface area contributed by atoms with Gasteiger partial charge in [-0.1, -0.05) is 11.6 Å². The number of nitrogens with zero attached hydrogens (tertiary/aromatic N) is 2. The Morgan fingerprint density at radius 1 is 1.26 bits per heavy atom. The maximum Gasteiger partial charge on any atom is 0.431 e. The minimum Gasteiger partial charge on any atom is -0.479 e. The van der Waals surface area contributed by atoms with Gasteiger partial charge in [0.25, 0.3) is 5.56 Å². The van der Waals surface area contributed by atoms with E-state index in [1.807, 2.05) is 0 Å². The minimum absolute atomic E-state index is 0.135. The number of aliphatic carboxylic acids is 1. The first-order valence-electron chi connectivity index (χ1n) is 7.13. The van der Waals surface area contributed by atoms with E-state index in [2.05, 4.69) is 0 Å². The molecule has 0 fully saturated rings. The summed E-state index contributed by atoms with van der Waals surface area (Å²) in [6, 6.07) is 1.54. The van der Waals surface area contributed by atoms with Crippen LogP contribution in [0.5, 0.6) is 5.75 Å². The highest BCUT2D eigenvalue weighted by Gasteiger charge is 2.35. The molecule has 0 saturated heterocycles. The van der Waals surface area contributed by atoms with Gasteiger partial charge in [-0.05, 0) is 13.0 Å². The molecule has 2 rings (SSSR count). The maximum atomic E-state index is 14.3. The number of aromatic nitrogens is 2. The molecule has 2 aromatic rings. The maximum absolute atomic E-state index is 14.3. The van der Waals surface area contributed by atoms with Crippen molar-refractivity contribution < 1.29 is 32.2 Å². The third-order valence-corrected chi connectivity index (χ3v) is 3.80. The Morgan fingerprint density at radius 2 is 1.85 bits per heavy atom. The van der Waals surface area contributed by atoms with Crippen molar-refractivity contribution in [1.29, 1.82) is 0 Å². The highest BCUT2D eigenvalue weighted by molar-refractivity contribution is 6.32. The zero-order valence-electron chi connectivity index (χ0n) is 13.7. The van der Waals surface area contributed by atoms with Crippen molar-refractivity contribution in [3.05, 3.63) is 55.6 Å².